The molecule has 0 saturated heterocycles. The normalized spacial score (nSPS) is 10.3. The van der Waals surface area contributed by atoms with Crippen molar-refractivity contribution in [1.82, 2.24) is 15.0 Å². The highest BCUT2D eigenvalue weighted by Gasteiger charge is 2.09. The molecule has 4 aromatic rings. The van der Waals surface area contributed by atoms with Gasteiger partial charge in [-0.1, -0.05) is 24.3 Å². The van der Waals surface area contributed by atoms with Gasteiger partial charge in [-0.05, 0) is 42.5 Å². The second-order valence-corrected chi connectivity index (χ2v) is 6.19. The number of aromatic hydroxyl groups is 1. The number of pyridine rings is 1. The molecule has 0 atom stereocenters. The summed E-state index contributed by atoms with van der Waals surface area (Å²) in [6, 6.07) is 21.1. The van der Waals surface area contributed by atoms with E-state index in [-0.39, 0.29) is 11.7 Å². The van der Waals surface area contributed by atoms with Gasteiger partial charge >= 0.3 is 0 Å². The first-order chi connectivity index (χ1) is 14.2. The summed E-state index contributed by atoms with van der Waals surface area (Å²) in [6.45, 7) is 0. The Morgan fingerprint density at radius 3 is 2.52 bits per heavy atom. The molecule has 7 heteroatoms. The Hall–Kier alpha value is -4.26. The molecule has 2 heterocycles. The van der Waals surface area contributed by atoms with Crippen LogP contribution >= 0.6 is 0 Å². The molecule has 0 fully saturated rings. The van der Waals surface area contributed by atoms with Crippen molar-refractivity contribution < 1.29 is 9.90 Å². The zero-order chi connectivity index (χ0) is 20.1. The maximum absolute atomic E-state index is 12.3. The number of nitrogens with one attached hydrogen (secondary N) is 2. The molecule has 0 radical (unpaired) electrons. The van der Waals surface area contributed by atoms with Crippen molar-refractivity contribution in [1.29, 1.82) is 0 Å². The van der Waals surface area contributed by atoms with E-state index in [1.165, 1.54) is 0 Å². The SMILES string of the molecule is O=C(Nc1cccc(-c2ccnc(Nc3cccc(O)c3)n2)c1)c1ccccn1. The second kappa shape index (κ2) is 8.18. The van der Waals surface area contributed by atoms with Crippen LogP contribution in [0.25, 0.3) is 11.3 Å². The Labute approximate surface area is 167 Å². The number of anilines is 3. The lowest BCUT2D eigenvalue weighted by molar-refractivity contribution is 0.102. The fraction of sp³-hybridized carbons (Fsp3) is 0. The Kier molecular flexibility index (Phi) is 5.11. The Balaban J connectivity index is 1.54. The van der Waals surface area contributed by atoms with Gasteiger partial charge in [0, 0.05) is 35.4 Å². The summed E-state index contributed by atoms with van der Waals surface area (Å²) in [6.07, 6.45) is 3.22. The van der Waals surface area contributed by atoms with E-state index < -0.39 is 0 Å². The molecule has 2 aromatic heterocycles. The zero-order valence-corrected chi connectivity index (χ0v) is 15.3. The third-order valence-electron chi connectivity index (χ3n) is 4.07. The summed E-state index contributed by atoms with van der Waals surface area (Å²) in [5.41, 5.74) is 3.18. The molecule has 142 valence electrons. The van der Waals surface area contributed by atoms with Crippen LogP contribution in [0.1, 0.15) is 10.5 Å². The van der Waals surface area contributed by atoms with E-state index in [1.807, 2.05) is 24.3 Å². The van der Waals surface area contributed by atoms with Crippen molar-refractivity contribution in [2.45, 2.75) is 0 Å². The minimum absolute atomic E-state index is 0.155. The fourth-order valence-corrected chi connectivity index (χ4v) is 2.74. The lowest BCUT2D eigenvalue weighted by atomic mass is 10.1. The van der Waals surface area contributed by atoms with Crippen molar-refractivity contribution >= 4 is 23.2 Å². The smallest absolute Gasteiger partial charge is 0.274 e. The van der Waals surface area contributed by atoms with Crippen LogP contribution in [0.5, 0.6) is 5.75 Å². The van der Waals surface area contributed by atoms with Gasteiger partial charge < -0.3 is 15.7 Å². The lowest BCUT2D eigenvalue weighted by Crippen LogP contribution is -2.13. The van der Waals surface area contributed by atoms with Crippen LogP contribution in [0.3, 0.4) is 0 Å². The standard InChI is InChI=1S/C22H17N5O2/c28-18-8-4-7-17(14-18)26-22-24-12-10-19(27-22)15-5-3-6-16(13-15)25-21(29)20-9-1-2-11-23-20/h1-14,28H,(H,25,29)(H,24,26,27). The second-order valence-electron chi connectivity index (χ2n) is 6.19. The predicted molar refractivity (Wildman–Crippen MR) is 111 cm³/mol. The minimum atomic E-state index is -0.281. The number of phenols is 1. The molecular weight excluding hydrogens is 366 g/mol. The molecule has 29 heavy (non-hydrogen) atoms. The van der Waals surface area contributed by atoms with Crippen molar-refractivity contribution in [3.05, 3.63) is 90.9 Å². The Morgan fingerprint density at radius 2 is 1.69 bits per heavy atom. The molecule has 3 N–H and O–H groups in total. The van der Waals surface area contributed by atoms with Gasteiger partial charge in [0.25, 0.3) is 5.91 Å². The van der Waals surface area contributed by atoms with Crippen LogP contribution in [0.4, 0.5) is 17.3 Å². The van der Waals surface area contributed by atoms with E-state index in [9.17, 15) is 9.90 Å². The van der Waals surface area contributed by atoms with E-state index in [0.717, 1.165) is 5.56 Å². The van der Waals surface area contributed by atoms with E-state index in [4.69, 9.17) is 0 Å². The number of aromatic nitrogens is 3. The van der Waals surface area contributed by atoms with Crippen molar-refractivity contribution in [2.75, 3.05) is 10.6 Å². The summed E-state index contributed by atoms with van der Waals surface area (Å²) in [5.74, 6) is 0.273. The molecule has 0 aliphatic carbocycles. The molecule has 0 bridgehead atoms. The average molecular weight is 383 g/mol. The Morgan fingerprint density at radius 1 is 0.828 bits per heavy atom. The number of hydrogen-bond acceptors (Lipinski definition) is 6. The number of nitrogens with zero attached hydrogens (tertiary/aromatic N) is 3. The molecule has 7 nitrogen and oxygen atoms in total. The van der Waals surface area contributed by atoms with E-state index in [1.54, 1.807) is 60.9 Å². The van der Waals surface area contributed by atoms with Gasteiger partial charge in [0.15, 0.2) is 0 Å². The number of carbonyl (C=O) groups excluding carboxylic acids is 1. The Bertz CT molecular complexity index is 1150. The molecule has 0 aliphatic rings. The molecule has 0 saturated carbocycles. The summed E-state index contributed by atoms with van der Waals surface area (Å²) in [5, 5.41) is 15.5. The van der Waals surface area contributed by atoms with Gasteiger partial charge in [0.1, 0.15) is 11.4 Å². The summed E-state index contributed by atoms with van der Waals surface area (Å²) < 4.78 is 0. The summed E-state index contributed by atoms with van der Waals surface area (Å²) >= 11 is 0. The number of carbonyl (C=O) groups is 1. The van der Waals surface area contributed by atoms with Gasteiger partial charge in [-0.3, -0.25) is 9.78 Å². The van der Waals surface area contributed by atoms with Crippen LogP contribution in [0.15, 0.2) is 85.2 Å². The number of phenolic OH excluding ortho intramolecular Hbond substituents is 1. The van der Waals surface area contributed by atoms with E-state index in [0.29, 0.717) is 28.7 Å². The first-order valence-corrected chi connectivity index (χ1v) is 8.89. The molecular formula is C22H17N5O2. The molecule has 0 spiro atoms. The van der Waals surface area contributed by atoms with Gasteiger partial charge in [0.2, 0.25) is 5.95 Å². The fourth-order valence-electron chi connectivity index (χ4n) is 2.74. The highest BCUT2D eigenvalue weighted by molar-refractivity contribution is 6.03. The highest BCUT2D eigenvalue weighted by atomic mass is 16.3. The topological polar surface area (TPSA) is 100 Å². The van der Waals surface area contributed by atoms with Crippen LogP contribution in [0.2, 0.25) is 0 Å². The monoisotopic (exact) mass is 383 g/mol. The number of rotatable bonds is 5. The summed E-state index contributed by atoms with van der Waals surface area (Å²) in [7, 11) is 0. The molecule has 2 aromatic carbocycles. The third kappa shape index (κ3) is 4.54. The zero-order valence-electron chi connectivity index (χ0n) is 15.3. The number of hydrogen-bond donors (Lipinski definition) is 3. The number of amides is 1. The van der Waals surface area contributed by atoms with Crippen LogP contribution in [-0.2, 0) is 0 Å². The van der Waals surface area contributed by atoms with Crippen LogP contribution in [0, 0.1) is 0 Å². The molecule has 4 rings (SSSR count). The molecule has 0 unspecified atom stereocenters. The largest absolute Gasteiger partial charge is 0.508 e. The number of benzene rings is 2. The van der Waals surface area contributed by atoms with Gasteiger partial charge in [-0.25, -0.2) is 9.97 Å². The van der Waals surface area contributed by atoms with Crippen molar-refractivity contribution in [3.8, 4) is 17.0 Å². The average Bonchev–Trinajstić information content (AvgIpc) is 2.75. The van der Waals surface area contributed by atoms with Crippen molar-refractivity contribution in [3.63, 3.8) is 0 Å². The van der Waals surface area contributed by atoms with E-state index in [2.05, 4.69) is 25.6 Å². The molecule has 1 amide bonds. The van der Waals surface area contributed by atoms with E-state index >= 15 is 0 Å². The van der Waals surface area contributed by atoms with Crippen LogP contribution in [-0.4, -0.2) is 26.0 Å². The lowest BCUT2D eigenvalue weighted by Gasteiger charge is -2.09. The highest BCUT2D eigenvalue weighted by Crippen LogP contribution is 2.23. The predicted octanol–water partition coefficient (Wildman–Crippen LogP) is 4.24. The van der Waals surface area contributed by atoms with Crippen molar-refractivity contribution in [2.24, 2.45) is 0 Å². The molecule has 0 aliphatic heterocycles. The first kappa shape index (κ1) is 18.1. The van der Waals surface area contributed by atoms with Gasteiger partial charge in [0.05, 0.1) is 5.69 Å². The van der Waals surface area contributed by atoms with Gasteiger partial charge in [-0.15, -0.1) is 0 Å². The van der Waals surface area contributed by atoms with Gasteiger partial charge in [-0.2, -0.15) is 0 Å². The maximum atomic E-state index is 12.3. The first-order valence-electron chi connectivity index (χ1n) is 8.89. The summed E-state index contributed by atoms with van der Waals surface area (Å²) in [4.78, 5) is 25.1. The quantitative estimate of drug-likeness (QED) is 0.477. The minimum Gasteiger partial charge on any atom is -0.508 e. The third-order valence-corrected chi connectivity index (χ3v) is 4.07. The maximum Gasteiger partial charge on any atom is 0.274 e. The van der Waals surface area contributed by atoms with Crippen LogP contribution < -0.4 is 10.6 Å².